The molecule has 0 saturated carbocycles. The highest BCUT2D eigenvalue weighted by atomic mass is 35.5. The molecule has 1 aromatic carbocycles. The summed E-state index contributed by atoms with van der Waals surface area (Å²) in [6.07, 6.45) is 3.17. The van der Waals surface area contributed by atoms with Crippen LogP contribution >= 0.6 is 12.4 Å². The molecule has 7 heteroatoms. The summed E-state index contributed by atoms with van der Waals surface area (Å²) >= 11 is 0. The molecule has 5 nitrogen and oxygen atoms in total. The van der Waals surface area contributed by atoms with E-state index in [0.29, 0.717) is 30.1 Å². The Morgan fingerprint density at radius 1 is 1.13 bits per heavy atom. The van der Waals surface area contributed by atoms with Crippen molar-refractivity contribution in [3.8, 4) is 0 Å². The molecule has 2 unspecified atom stereocenters. The van der Waals surface area contributed by atoms with E-state index in [4.69, 9.17) is 0 Å². The van der Waals surface area contributed by atoms with Crippen molar-refractivity contribution in [3.05, 3.63) is 29.8 Å². The summed E-state index contributed by atoms with van der Waals surface area (Å²) in [4.78, 5) is 2.48. The standard InChI is InChI=1S/C16H25N3O2S.ClH/c1-18(2)11-13-3-7-16(8-4-13)22(20,21)19-10-9-14-5-6-15(12-19)17-14;/h3-4,7-8,14-15,17H,5-6,9-12H2,1-2H3;1H. The number of rotatable bonds is 4. The smallest absolute Gasteiger partial charge is 0.243 e. The number of hydrogen-bond acceptors (Lipinski definition) is 4. The Balaban J connectivity index is 0.00000192. The highest BCUT2D eigenvalue weighted by molar-refractivity contribution is 7.89. The maximum atomic E-state index is 12.8. The first-order valence-corrected chi connectivity index (χ1v) is 9.39. The first-order valence-electron chi connectivity index (χ1n) is 7.95. The zero-order chi connectivity index (χ0) is 15.7. The third kappa shape index (κ3) is 4.25. The van der Waals surface area contributed by atoms with Gasteiger partial charge in [-0.3, -0.25) is 0 Å². The molecule has 0 amide bonds. The number of hydrogen-bond donors (Lipinski definition) is 1. The quantitative estimate of drug-likeness (QED) is 0.888. The second-order valence-corrected chi connectivity index (χ2v) is 8.61. The van der Waals surface area contributed by atoms with Gasteiger partial charge in [-0.05, 0) is 51.1 Å². The van der Waals surface area contributed by atoms with Crippen molar-refractivity contribution in [2.45, 2.75) is 42.8 Å². The highest BCUT2D eigenvalue weighted by Gasteiger charge is 2.34. The molecule has 2 bridgehead atoms. The van der Waals surface area contributed by atoms with Crippen LogP contribution in [0, 0.1) is 0 Å². The number of sulfonamides is 1. The van der Waals surface area contributed by atoms with Gasteiger partial charge in [0.2, 0.25) is 10.0 Å². The summed E-state index contributed by atoms with van der Waals surface area (Å²) in [5.41, 5.74) is 1.13. The van der Waals surface area contributed by atoms with Crippen LogP contribution in [0.2, 0.25) is 0 Å². The SMILES string of the molecule is CN(C)Cc1ccc(S(=O)(=O)N2CCC3CCC(C2)N3)cc1.Cl. The Kier molecular flexibility index (Phi) is 6.08. The molecule has 23 heavy (non-hydrogen) atoms. The van der Waals surface area contributed by atoms with Crippen molar-refractivity contribution < 1.29 is 8.42 Å². The van der Waals surface area contributed by atoms with Crippen LogP contribution in [0.25, 0.3) is 0 Å². The van der Waals surface area contributed by atoms with Gasteiger partial charge in [-0.25, -0.2) is 8.42 Å². The van der Waals surface area contributed by atoms with Crippen LogP contribution in [-0.4, -0.2) is 56.9 Å². The molecule has 2 atom stereocenters. The van der Waals surface area contributed by atoms with Gasteiger partial charge in [-0.2, -0.15) is 4.31 Å². The van der Waals surface area contributed by atoms with Gasteiger partial charge in [0.05, 0.1) is 4.90 Å². The Bertz CT molecular complexity index is 619. The minimum absolute atomic E-state index is 0. The number of halogens is 1. The molecular formula is C16H26ClN3O2S. The van der Waals surface area contributed by atoms with E-state index in [9.17, 15) is 8.42 Å². The average Bonchev–Trinajstić information content (AvgIpc) is 2.77. The zero-order valence-electron chi connectivity index (χ0n) is 13.7. The van der Waals surface area contributed by atoms with Gasteiger partial charge < -0.3 is 10.2 Å². The number of nitrogens with zero attached hydrogens (tertiary/aromatic N) is 2. The van der Waals surface area contributed by atoms with Crippen LogP contribution in [0.3, 0.4) is 0 Å². The van der Waals surface area contributed by atoms with Crippen LogP contribution in [0.1, 0.15) is 24.8 Å². The highest BCUT2D eigenvalue weighted by Crippen LogP contribution is 2.25. The van der Waals surface area contributed by atoms with E-state index in [2.05, 4.69) is 10.2 Å². The monoisotopic (exact) mass is 359 g/mol. The van der Waals surface area contributed by atoms with Crippen LogP contribution < -0.4 is 5.32 Å². The van der Waals surface area contributed by atoms with Gasteiger partial charge >= 0.3 is 0 Å². The summed E-state index contributed by atoms with van der Waals surface area (Å²) in [5.74, 6) is 0. The molecule has 2 aliphatic heterocycles. The normalized spacial score (nSPS) is 25.2. The average molecular weight is 360 g/mol. The molecule has 2 saturated heterocycles. The van der Waals surface area contributed by atoms with E-state index in [0.717, 1.165) is 24.9 Å². The maximum Gasteiger partial charge on any atom is 0.243 e. The minimum atomic E-state index is -3.37. The van der Waals surface area contributed by atoms with E-state index in [-0.39, 0.29) is 12.4 Å². The molecule has 0 spiro atoms. The van der Waals surface area contributed by atoms with E-state index in [1.807, 2.05) is 26.2 Å². The Morgan fingerprint density at radius 3 is 2.43 bits per heavy atom. The molecule has 1 aromatic rings. The number of benzene rings is 1. The second-order valence-electron chi connectivity index (χ2n) is 6.67. The number of nitrogens with one attached hydrogen (secondary N) is 1. The second kappa shape index (κ2) is 7.49. The van der Waals surface area contributed by atoms with Crippen molar-refractivity contribution in [2.24, 2.45) is 0 Å². The van der Waals surface area contributed by atoms with E-state index >= 15 is 0 Å². The lowest BCUT2D eigenvalue weighted by Crippen LogP contribution is -2.39. The predicted octanol–water partition coefficient (Wildman–Crippen LogP) is 1.69. The lowest BCUT2D eigenvalue weighted by Gasteiger charge is -2.23. The van der Waals surface area contributed by atoms with E-state index in [1.54, 1.807) is 16.4 Å². The molecule has 2 fully saturated rings. The van der Waals surface area contributed by atoms with Gasteiger partial charge in [0.15, 0.2) is 0 Å². The molecule has 1 N–H and O–H groups in total. The third-order valence-corrected chi connectivity index (χ3v) is 6.43. The van der Waals surface area contributed by atoms with Crippen molar-refractivity contribution in [1.29, 1.82) is 0 Å². The van der Waals surface area contributed by atoms with Gasteiger partial charge in [-0.1, -0.05) is 12.1 Å². The van der Waals surface area contributed by atoms with Gasteiger partial charge in [0.25, 0.3) is 0 Å². The summed E-state index contributed by atoms with van der Waals surface area (Å²) in [6.45, 7) is 2.03. The fraction of sp³-hybridized carbons (Fsp3) is 0.625. The zero-order valence-corrected chi connectivity index (χ0v) is 15.4. The lowest BCUT2D eigenvalue weighted by molar-refractivity contribution is 0.383. The predicted molar refractivity (Wildman–Crippen MR) is 94.4 cm³/mol. The summed E-state index contributed by atoms with van der Waals surface area (Å²) in [6, 6.07) is 8.11. The summed E-state index contributed by atoms with van der Waals surface area (Å²) in [7, 11) is 0.634. The van der Waals surface area contributed by atoms with E-state index < -0.39 is 10.0 Å². The Hall–Kier alpha value is -0.660. The van der Waals surface area contributed by atoms with Gasteiger partial charge in [0, 0.05) is 31.7 Å². The minimum Gasteiger partial charge on any atom is -0.310 e. The van der Waals surface area contributed by atoms with Crippen LogP contribution in [0.15, 0.2) is 29.2 Å². The van der Waals surface area contributed by atoms with Crippen LogP contribution in [0.5, 0.6) is 0 Å². The third-order valence-electron chi connectivity index (χ3n) is 4.55. The molecule has 2 aliphatic rings. The fourth-order valence-electron chi connectivity index (χ4n) is 3.41. The molecule has 2 heterocycles. The molecule has 130 valence electrons. The maximum absolute atomic E-state index is 12.8. The van der Waals surface area contributed by atoms with Gasteiger partial charge in [-0.15, -0.1) is 12.4 Å². The fourth-order valence-corrected chi connectivity index (χ4v) is 4.91. The Morgan fingerprint density at radius 2 is 1.78 bits per heavy atom. The molecule has 0 aliphatic carbocycles. The van der Waals surface area contributed by atoms with Crippen LogP contribution in [-0.2, 0) is 16.6 Å². The van der Waals surface area contributed by atoms with Gasteiger partial charge in [0.1, 0.15) is 0 Å². The molecule has 0 radical (unpaired) electrons. The van der Waals surface area contributed by atoms with Crippen molar-refractivity contribution in [2.75, 3.05) is 27.2 Å². The molecular weight excluding hydrogens is 334 g/mol. The largest absolute Gasteiger partial charge is 0.310 e. The van der Waals surface area contributed by atoms with Crippen LogP contribution in [0.4, 0.5) is 0 Å². The summed E-state index contributed by atoms with van der Waals surface area (Å²) < 4.78 is 27.3. The topological polar surface area (TPSA) is 52.7 Å². The summed E-state index contributed by atoms with van der Waals surface area (Å²) in [5, 5.41) is 3.53. The first kappa shape index (κ1) is 18.7. The van der Waals surface area contributed by atoms with Crippen molar-refractivity contribution in [1.82, 2.24) is 14.5 Å². The van der Waals surface area contributed by atoms with E-state index in [1.165, 1.54) is 6.42 Å². The molecule has 0 aromatic heterocycles. The molecule has 3 rings (SSSR count). The first-order chi connectivity index (χ1) is 10.4. The van der Waals surface area contributed by atoms with Crippen molar-refractivity contribution in [3.63, 3.8) is 0 Å². The number of fused-ring (bicyclic) bond motifs is 2. The Labute approximate surface area is 145 Å². The van der Waals surface area contributed by atoms with Crippen molar-refractivity contribution >= 4 is 22.4 Å². The lowest BCUT2D eigenvalue weighted by atomic mass is 10.1.